The molecule has 1 atom stereocenters. The maximum atomic E-state index is 12.0. The van der Waals surface area contributed by atoms with Crippen LogP contribution in [0.4, 0.5) is 5.13 Å². The minimum atomic E-state index is -0.290. The van der Waals surface area contributed by atoms with E-state index < -0.39 is 0 Å². The van der Waals surface area contributed by atoms with Gasteiger partial charge in [0.25, 0.3) is 0 Å². The number of pyridine rings is 1. The van der Waals surface area contributed by atoms with Crippen LogP contribution in [-0.2, 0) is 4.74 Å². The second-order valence-corrected chi connectivity index (χ2v) is 7.99. The second-order valence-electron chi connectivity index (χ2n) is 5.80. The Morgan fingerprint density at radius 3 is 2.92 bits per heavy atom. The summed E-state index contributed by atoms with van der Waals surface area (Å²) in [5.74, 6) is -0.290. The van der Waals surface area contributed by atoms with Gasteiger partial charge >= 0.3 is 5.97 Å². The summed E-state index contributed by atoms with van der Waals surface area (Å²) in [5.41, 5.74) is 2.65. The van der Waals surface area contributed by atoms with Crippen molar-refractivity contribution in [3.05, 3.63) is 39.9 Å². The number of fused-ring (bicyclic) bond motifs is 1. The first-order chi connectivity index (χ1) is 12.0. The number of anilines is 1. The molecule has 0 spiro atoms. The summed E-state index contributed by atoms with van der Waals surface area (Å²) in [7, 11) is 0. The van der Waals surface area contributed by atoms with E-state index in [0.717, 1.165) is 31.1 Å². The summed E-state index contributed by atoms with van der Waals surface area (Å²) in [6, 6.07) is 4.38. The Morgan fingerprint density at radius 1 is 1.40 bits per heavy atom. The zero-order valence-corrected chi connectivity index (χ0v) is 17.3. The van der Waals surface area contributed by atoms with Crippen molar-refractivity contribution in [2.45, 2.75) is 33.2 Å². The van der Waals surface area contributed by atoms with Crippen LogP contribution in [0.2, 0.25) is 0 Å². The van der Waals surface area contributed by atoms with E-state index >= 15 is 0 Å². The molecule has 0 saturated carbocycles. The number of hydrogen-bond donors (Lipinski definition) is 1. The van der Waals surface area contributed by atoms with Gasteiger partial charge in [-0.3, -0.25) is 0 Å². The first-order valence-electron chi connectivity index (χ1n) is 8.23. The van der Waals surface area contributed by atoms with Gasteiger partial charge in [0.15, 0.2) is 5.13 Å². The molecule has 3 heterocycles. The predicted molar refractivity (Wildman–Crippen MR) is 111 cm³/mol. The fourth-order valence-corrected chi connectivity index (χ4v) is 4.10. The van der Waals surface area contributed by atoms with Gasteiger partial charge in [0.05, 0.1) is 22.6 Å². The molecule has 0 saturated heterocycles. The molecular formula is C18H20IN3O2S. The van der Waals surface area contributed by atoms with E-state index in [1.165, 1.54) is 0 Å². The quantitative estimate of drug-likeness (QED) is 0.406. The van der Waals surface area contributed by atoms with Crippen molar-refractivity contribution in [2.75, 3.05) is 11.9 Å². The van der Waals surface area contributed by atoms with E-state index in [-0.39, 0.29) is 5.97 Å². The van der Waals surface area contributed by atoms with Gasteiger partial charge in [-0.2, -0.15) is 0 Å². The molecule has 7 heteroatoms. The Hall–Kier alpha value is -1.61. The highest BCUT2D eigenvalue weighted by Gasteiger charge is 2.14. The van der Waals surface area contributed by atoms with Gasteiger partial charge in [-0.1, -0.05) is 18.3 Å². The topological polar surface area (TPSA) is 55.6 Å². The number of hydrogen-bond acceptors (Lipinski definition) is 5. The Balaban J connectivity index is 1.94. The van der Waals surface area contributed by atoms with Gasteiger partial charge in [0.2, 0.25) is 0 Å². The number of carbonyl (C=O) groups excluding carboxylic acids is 1. The number of esters is 1. The maximum Gasteiger partial charge on any atom is 0.339 e. The highest BCUT2D eigenvalue weighted by molar-refractivity contribution is 14.1. The summed E-state index contributed by atoms with van der Waals surface area (Å²) in [5, 5.41) is 4.33. The lowest BCUT2D eigenvalue weighted by molar-refractivity contribution is 0.0526. The van der Waals surface area contributed by atoms with Crippen molar-refractivity contribution in [1.82, 2.24) is 9.38 Å². The number of nitrogens with zero attached hydrogens (tertiary/aromatic N) is 2. The van der Waals surface area contributed by atoms with Crippen molar-refractivity contribution >= 4 is 50.5 Å². The molecule has 0 bridgehead atoms. The number of ether oxygens (including phenoxy) is 1. The molecule has 1 N–H and O–H groups in total. The highest BCUT2D eigenvalue weighted by atomic mass is 127. The van der Waals surface area contributed by atoms with Crippen molar-refractivity contribution in [1.29, 1.82) is 0 Å². The molecule has 0 fully saturated rings. The van der Waals surface area contributed by atoms with Crippen LogP contribution in [0.25, 0.3) is 16.0 Å². The average molecular weight is 469 g/mol. The first kappa shape index (κ1) is 18.2. The third-order valence-electron chi connectivity index (χ3n) is 3.94. The second kappa shape index (κ2) is 7.74. The van der Waals surface area contributed by atoms with E-state index in [1.807, 2.05) is 36.0 Å². The molecule has 132 valence electrons. The number of thiazole rings is 1. The van der Waals surface area contributed by atoms with Crippen LogP contribution in [0.5, 0.6) is 0 Å². The number of nitrogens with one attached hydrogen (secondary N) is 1. The molecule has 0 aromatic carbocycles. The summed E-state index contributed by atoms with van der Waals surface area (Å²) in [6.45, 7) is 6.48. The number of aromatic nitrogens is 2. The number of carbonyl (C=O) groups is 1. The molecule has 0 aliphatic rings. The van der Waals surface area contributed by atoms with Crippen LogP contribution in [0.1, 0.15) is 37.6 Å². The van der Waals surface area contributed by atoms with Crippen LogP contribution < -0.4 is 5.32 Å². The molecule has 0 aliphatic carbocycles. The lowest BCUT2D eigenvalue weighted by Crippen LogP contribution is -2.12. The van der Waals surface area contributed by atoms with Gasteiger partial charge in [0, 0.05) is 33.8 Å². The van der Waals surface area contributed by atoms with E-state index in [4.69, 9.17) is 4.74 Å². The molecule has 0 amide bonds. The Bertz CT molecular complexity index is 903. The molecule has 25 heavy (non-hydrogen) atoms. The minimum Gasteiger partial charge on any atom is -0.462 e. The Morgan fingerprint density at radius 2 is 2.20 bits per heavy atom. The van der Waals surface area contributed by atoms with E-state index in [9.17, 15) is 4.79 Å². The Kier molecular flexibility index (Phi) is 5.63. The smallest absolute Gasteiger partial charge is 0.339 e. The highest BCUT2D eigenvalue weighted by Crippen LogP contribution is 2.32. The first-order valence-corrected chi connectivity index (χ1v) is 10.1. The molecule has 3 rings (SSSR count). The van der Waals surface area contributed by atoms with Crippen LogP contribution in [0, 0.1) is 3.57 Å². The van der Waals surface area contributed by atoms with Crippen molar-refractivity contribution in [2.24, 2.45) is 0 Å². The zero-order chi connectivity index (χ0) is 18.0. The molecule has 3 aromatic rings. The monoisotopic (exact) mass is 469 g/mol. The third-order valence-corrected chi connectivity index (χ3v) is 5.78. The van der Waals surface area contributed by atoms with Crippen molar-refractivity contribution in [3.8, 4) is 10.4 Å². The van der Waals surface area contributed by atoms with E-state index in [2.05, 4.69) is 52.8 Å². The molecule has 1 unspecified atom stereocenters. The summed E-state index contributed by atoms with van der Waals surface area (Å²) < 4.78 is 8.15. The maximum absolute atomic E-state index is 12.0. The normalized spacial score (nSPS) is 12.3. The standard InChI is InChI=1S/C18H20IN3O2S/c1-4-11(3)21-18-20-8-16(25-18)12-6-14(19)15-7-13(10-22(15)9-12)17(23)24-5-2/h6-11H,4-5H2,1-3H3,(H,20,21). The molecular weight excluding hydrogens is 449 g/mol. The van der Waals surface area contributed by atoms with E-state index in [1.54, 1.807) is 11.3 Å². The van der Waals surface area contributed by atoms with Crippen molar-refractivity contribution in [3.63, 3.8) is 0 Å². The van der Waals surface area contributed by atoms with E-state index in [0.29, 0.717) is 18.2 Å². The van der Waals surface area contributed by atoms with Gasteiger partial charge < -0.3 is 14.5 Å². The largest absolute Gasteiger partial charge is 0.462 e. The van der Waals surface area contributed by atoms with Crippen LogP contribution in [0.3, 0.4) is 0 Å². The lowest BCUT2D eigenvalue weighted by Gasteiger charge is -2.08. The molecule has 3 aromatic heterocycles. The SMILES string of the molecule is CCOC(=O)c1cc2c(I)cc(-c3cnc(NC(C)CC)s3)cn2c1. The third kappa shape index (κ3) is 3.98. The Labute approximate surface area is 164 Å². The summed E-state index contributed by atoms with van der Waals surface area (Å²) in [6.07, 6.45) is 6.79. The van der Waals surface area contributed by atoms with Gasteiger partial charge in [0.1, 0.15) is 0 Å². The molecule has 0 aliphatic heterocycles. The van der Waals surface area contributed by atoms with Gasteiger partial charge in [-0.25, -0.2) is 9.78 Å². The van der Waals surface area contributed by atoms with Gasteiger partial charge in [-0.05, 0) is 55.0 Å². The number of halogens is 1. The summed E-state index contributed by atoms with van der Waals surface area (Å²) >= 11 is 3.93. The number of rotatable bonds is 6. The zero-order valence-electron chi connectivity index (χ0n) is 14.4. The van der Waals surface area contributed by atoms with Crippen LogP contribution >= 0.6 is 33.9 Å². The van der Waals surface area contributed by atoms with Crippen LogP contribution in [-0.4, -0.2) is 28.0 Å². The predicted octanol–water partition coefficient (Wildman–Crippen LogP) is 5.05. The molecule has 5 nitrogen and oxygen atoms in total. The minimum absolute atomic E-state index is 0.290. The van der Waals surface area contributed by atoms with Crippen molar-refractivity contribution < 1.29 is 9.53 Å². The molecule has 0 radical (unpaired) electrons. The average Bonchev–Trinajstić information content (AvgIpc) is 3.22. The van der Waals surface area contributed by atoms with Gasteiger partial charge in [-0.15, -0.1) is 0 Å². The lowest BCUT2D eigenvalue weighted by atomic mass is 10.2. The fraction of sp³-hybridized carbons (Fsp3) is 0.333. The summed E-state index contributed by atoms with van der Waals surface area (Å²) in [4.78, 5) is 17.5. The van der Waals surface area contributed by atoms with Crippen LogP contribution in [0.15, 0.2) is 30.7 Å². The fourth-order valence-electron chi connectivity index (χ4n) is 2.42.